The zero-order chi connectivity index (χ0) is 13.6. The van der Waals surface area contributed by atoms with Crippen LogP contribution >= 0.6 is 0 Å². The van der Waals surface area contributed by atoms with Crippen molar-refractivity contribution in [3.05, 3.63) is 0 Å². The maximum Gasteiger partial charge on any atom is 0.0611 e. The fraction of sp³-hybridized carbons (Fsp3) is 1.00. The standard InChI is InChI=1S/C15H32N2O/c1-5-9-17(11-14-6-7-14)10-8-15(4,12-18)16-13(2)3/h13-14,16,18H,5-12H2,1-4H3. The lowest BCUT2D eigenvalue weighted by molar-refractivity contribution is 0.136. The molecular weight excluding hydrogens is 224 g/mol. The number of aliphatic hydroxyl groups is 1. The normalized spacial score (nSPS) is 19.5. The first-order valence-electron chi connectivity index (χ1n) is 7.60. The molecule has 0 saturated heterocycles. The van der Waals surface area contributed by atoms with E-state index >= 15 is 0 Å². The van der Waals surface area contributed by atoms with Crippen LogP contribution in [0.25, 0.3) is 0 Å². The minimum absolute atomic E-state index is 0.135. The molecule has 0 amide bonds. The van der Waals surface area contributed by atoms with E-state index in [2.05, 4.69) is 37.9 Å². The second-order valence-corrected chi connectivity index (χ2v) is 6.51. The first kappa shape index (κ1) is 15.9. The second-order valence-electron chi connectivity index (χ2n) is 6.51. The maximum atomic E-state index is 9.59. The van der Waals surface area contributed by atoms with Gasteiger partial charge in [0.05, 0.1) is 6.61 Å². The average molecular weight is 256 g/mol. The lowest BCUT2D eigenvalue weighted by Crippen LogP contribution is -2.51. The Hall–Kier alpha value is -0.120. The SMILES string of the molecule is CCCN(CCC(C)(CO)NC(C)C)CC1CC1. The van der Waals surface area contributed by atoms with Crippen LogP contribution in [-0.4, -0.2) is 47.8 Å². The molecule has 1 atom stereocenters. The summed E-state index contributed by atoms with van der Waals surface area (Å²) in [5.41, 5.74) is -0.135. The molecule has 1 fully saturated rings. The largest absolute Gasteiger partial charge is 0.394 e. The minimum atomic E-state index is -0.135. The van der Waals surface area contributed by atoms with E-state index in [1.807, 2.05) is 0 Å². The third kappa shape index (κ3) is 6.17. The van der Waals surface area contributed by atoms with E-state index in [-0.39, 0.29) is 12.1 Å². The highest BCUT2D eigenvalue weighted by molar-refractivity contribution is 4.86. The lowest BCUT2D eigenvalue weighted by Gasteiger charge is -2.33. The fourth-order valence-electron chi connectivity index (χ4n) is 2.57. The van der Waals surface area contributed by atoms with E-state index in [1.54, 1.807) is 0 Å². The van der Waals surface area contributed by atoms with E-state index in [0.717, 1.165) is 18.9 Å². The van der Waals surface area contributed by atoms with E-state index in [1.165, 1.54) is 32.4 Å². The Balaban J connectivity index is 2.36. The van der Waals surface area contributed by atoms with Crippen LogP contribution in [0.1, 0.15) is 53.4 Å². The Morgan fingerprint density at radius 1 is 1.33 bits per heavy atom. The summed E-state index contributed by atoms with van der Waals surface area (Å²) in [6, 6.07) is 0.421. The van der Waals surface area contributed by atoms with Gasteiger partial charge in [0.15, 0.2) is 0 Å². The molecular formula is C15H32N2O. The van der Waals surface area contributed by atoms with Crippen LogP contribution in [-0.2, 0) is 0 Å². The Morgan fingerprint density at radius 2 is 2.00 bits per heavy atom. The molecule has 0 aliphatic heterocycles. The Labute approximate surface area is 113 Å². The van der Waals surface area contributed by atoms with E-state index < -0.39 is 0 Å². The van der Waals surface area contributed by atoms with E-state index in [0.29, 0.717) is 6.04 Å². The predicted molar refractivity (Wildman–Crippen MR) is 77.8 cm³/mol. The fourth-order valence-corrected chi connectivity index (χ4v) is 2.57. The highest BCUT2D eigenvalue weighted by Gasteiger charge is 2.27. The van der Waals surface area contributed by atoms with Gasteiger partial charge in [-0.2, -0.15) is 0 Å². The van der Waals surface area contributed by atoms with Crippen molar-refractivity contribution in [3.63, 3.8) is 0 Å². The molecule has 0 heterocycles. The summed E-state index contributed by atoms with van der Waals surface area (Å²) in [6.07, 6.45) is 5.08. The number of hydrogen-bond acceptors (Lipinski definition) is 3. The third-order valence-corrected chi connectivity index (χ3v) is 3.72. The topological polar surface area (TPSA) is 35.5 Å². The molecule has 3 heteroatoms. The molecule has 1 unspecified atom stereocenters. The van der Waals surface area contributed by atoms with Crippen LogP contribution in [0.5, 0.6) is 0 Å². The summed E-state index contributed by atoms with van der Waals surface area (Å²) in [6.45, 7) is 12.4. The lowest BCUT2D eigenvalue weighted by atomic mass is 9.97. The highest BCUT2D eigenvalue weighted by atomic mass is 16.3. The van der Waals surface area contributed by atoms with Gasteiger partial charge < -0.3 is 15.3 Å². The Bertz CT molecular complexity index is 229. The Morgan fingerprint density at radius 3 is 2.44 bits per heavy atom. The van der Waals surface area contributed by atoms with Crippen molar-refractivity contribution >= 4 is 0 Å². The number of rotatable bonds is 10. The van der Waals surface area contributed by atoms with Gasteiger partial charge in [-0.25, -0.2) is 0 Å². The third-order valence-electron chi connectivity index (χ3n) is 3.72. The monoisotopic (exact) mass is 256 g/mol. The number of nitrogens with zero attached hydrogens (tertiary/aromatic N) is 1. The Kier molecular flexibility index (Phi) is 6.61. The molecule has 0 radical (unpaired) electrons. The molecule has 0 aromatic carbocycles. The average Bonchev–Trinajstić information content (AvgIpc) is 3.09. The molecule has 0 aromatic heterocycles. The highest BCUT2D eigenvalue weighted by Crippen LogP contribution is 2.30. The summed E-state index contributed by atoms with van der Waals surface area (Å²) >= 11 is 0. The van der Waals surface area contributed by atoms with Gasteiger partial charge in [-0.3, -0.25) is 0 Å². The van der Waals surface area contributed by atoms with Crippen molar-refractivity contribution in [2.24, 2.45) is 5.92 Å². The van der Waals surface area contributed by atoms with Crippen molar-refractivity contribution < 1.29 is 5.11 Å². The van der Waals surface area contributed by atoms with Crippen molar-refractivity contribution in [3.8, 4) is 0 Å². The molecule has 2 N–H and O–H groups in total. The van der Waals surface area contributed by atoms with Crippen LogP contribution in [0.4, 0.5) is 0 Å². The van der Waals surface area contributed by atoms with Gasteiger partial charge in [-0.05, 0) is 51.6 Å². The van der Waals surface area contributed by atoms with Crippen molar-refractivity contribution in [1.29, 1.82) is 0 Å². The van der Waals surface area contributed by atoms with Crippen molar-refractivity contribution in [2.75, 3.05) is 26.2 Å². The zero-order valence-electron chi connectivity index (χ0n) is 12.7. The molecule has 1 aliphatic rings. The summed E-state index contributed by atoms with van der Waals surface area (Å²) in [5, 5.41) is 13.1. The first-order valence-corrected chi connectivity index (χ1v) is 7.60. The summed E-state index contributed by atoms with van der Waals surface area (Å²) < 4.78 is 0. The van der Waals surface area contributed by atoms with Crippen LogP contribution in [0.2, 0.25) is 0 Å². The molecule has 0 spiro atoms. The minimum Gasteiger partial charge on any atom is -0.394 e. The van der Waals surface area contributed by atoms with Gasteiger partial charge >= 0.3 is 0 Å². The van der Waals surface area contributed by atoms with Gasteiger partial charge in [0.1, 0.15) is 0 Å². The molecule has 1 saturated carbocycles. The van der Waals surface area contributed by atoms with E-state index in [4.69, 9.17) is 0 Å². The van der Waals surface area contributed by atoms with E-state index in [9.17, 15) is 5.11 Å². The van der Waals surface area contributed by atoms with Crippen LogP contribution in [0.15, 0.2) is 0 Å². The molecule has 1 aliphatic carbocycles. The van der Waals surface area contributed by atoms with Gasteiger partial charge in [0.2, 0.25) is 0 Å². The molecule has 3 nitrogen and oxygen atoms in total. The molecule has 108 valence electrons. The molecule has 18 heavy (non-hydrogen) atoms. The smallest absolute Gasteiger partial charge is 0.0611 e. The summed E-state index contributed by atoms with van der Waals surface area (Å²) in [7, 11) is 0. The first-order chi connectivity index (χ1) is 8.49. The number of hydrogen-bond donors (Lipinski definition) is 2. The van der Waals surface area contributed by atoms with Crippen LogP contribution < -0.4 is 5.32 Å². The zero-order valence-corrected chi connectivity index (χ0v) is 12.7. The maximum absolute atomic E-state index is 9.59. The van der Waals surface area contributed by atoms with Gasteiger partial charge in [-0.15, -0.1) is 0 Å². The van der Waals surface area contributed by atoms with Crippen molar-refractivity contribution in [2.45, 2.75) is 65.0 Å². The summed E-state index contributed by atoms with van der Waals surface area (Å²) in [5.74, 6) is 0.954. The number of nitrogens with one attached hydrogen (secondary N) is 1. The quantitative estimate of drug-likeness (QED) is 0.629. The predicted octanol–water partition coefficient (Wildman–Crippen LogP) is 2.25. The van der Waals surface area contributed by atoms with Gasteiger partial charge in [0.25, 0.3) is 0 Å². The van der Waals surface area contributed by atoms with Crippen LogP contribution in [0, 0.1) is 5.92 Å². The molecule has 0 bridgehead atoms. The van der Waals surface area contributed by atoms with Crippen LogP contribution in [0.3, 0.4) is 0 Å². The number of aliphatic hydroxyl groups excluding tert-OH is 1. The van der Waals surface area contributed by atoms with Gasteiger partial charge in [0, 0.05) is 18.1 Å². The molecule has 1 rings (SSSR count). The molecule has 0 aromatic rings. The van der Waals surface area contributed by atoms with Crippen molar-refractivity contribution in [1.82, 2.24) is 10.2 Å². The second kappa shape index (κ2) is 7.46. The summed E-state index contributed by atoms with van der Waals surface area (Å²) in [4.78, 5) is 2.58. The van der Waals surface area contributed by atoms with Gasteiger partial charge in [-0.1, -0.05) is 20.8 Å².